The SMILES string of the molecule is CCOC(=O)c1c(-c2ccc(Oc3ccc(F)cc3F)cc2)c(C#N)c(CC)n1C. The highest BCUT2D eigenvalue weighted by Crippen LogP contribution is 2.35. The molecule has 2 aromatic carbocycles. The van der Waals surface area contributed by atoms with Gasteiger partial charge in [-0.1, -0.05) is 19.1 Å². The minimum Gasteiger partial charge on any atom is -0.461 e. The maximum absolute atomic E-state index is 13.8. The van der Waals surface area contributed by atoms with Crippen LogP contribution < -0.4 is 4.74 Å². The van der Waals surface area contributed by atoms with Crippen molar-refractivity contribution < 1.29 is 23.0 Å². The van der Waals surface area contributed by atoms with Crippen LogP contribution in [0.1, 0.15) is 35.6 Å². The van der Waals surface area contributed by atoms with Gasteiger partial charge in [-0.05, 0) is 43.2 Å². The summed E-state index contributed by atoms with van der Waals surface area (Å²) in [6.07, 6.45) is 0.566. The molecule has 7 heteroatoms. The quantitative estimate of drug-likeness (QED) is 0.512. The third-order valence-electron chi connectivity index (χ3n) is 4.70. The number of ether oxygens (including phenoxy) is 2. The maximum Gasteiger partial charge on any atom is 0.355 e. The average molecular weight is 410 g/mol. The normalized spacial score (nSPS) is 10.5. The van der Waals surface area contributed by atoms with Crippen molar-refractivity contribution in [3.05, 3.63) is 71.1 Å². The van der Waals surface area contributed by atoms with Crippen molar-refractivity contribution >= 4 is 5.97 Å². The fourth-order valence-electron chi connectivity index (χ4n) is 3.36. The number of esters is 1. The van der Waals surface area contributed by atoms with E-state index in [0.29, 0.717) is 34.6 Å². The van der Waals surface area contributed by atoms with Crippen molar-refractivity contribution in [1.29, 1.82) is 5.26 Å². The second-order valence-corrected chi connectivity index (χ2v) is 6.49. The Labute approximate surface area is 173 Å². The minimum absolute atomic E-state index is 0.109. The molecule has 1 heterocycles. The Balaban J connectivity index is 2.03. The van der Waals surface area contributed by atoms with Crippen LogP contribution in [0.2, 0.25) is 0 Å². The summed E-state index contributed by atoms with van der Waals surface area (Å²) in [5, 5.41) is 9.73. The fourth-order valence-corrected chi connectivity index (χ4v) is 3.36. The summed E-state index contributed by atoms with van der Waals surface area (Å²) < 4.78 is 39.2. The summed E-state index contributed by atoms with van der Waals surface area (Å²) >= 11 is 0. The molecule has 0 aliphatic rings. The lowest BCUT2D eigenvalue weighted by molar-refractivity contribution is 0.0516. The first-order valence-electron chi connectivity index (χ1n) is 9.43. The first kappa shape index (κ1) is 21.1. The standard InChI is InChI=1S/C23H20F2N2O3/c1-4-19-17(13-26)21(22(27(19)3)23(28)29-5-2)14-6-9-16(10-7-14)30-20-11-8-15(24)12-18(20)25/h6-12H,4-5H2,1-3H3. The zero-order valence-corrected chi connectivity index (χ0v) is 16.8. The zero-order chi connectivity index (χ0) is 21.8. The van der Waals surface area contributed by atoms with Gasteiger partial charge in [0.1, 0.15) is 23.3 Å². The van der Waals surface area contributed by atoms with Crippen LogP contribution in [-0.2, 0) is 18.2 Å². The second-order valence-electron chi connectivity index (χ2n) is 6.49. The Hall–Kier alpha value is -3.66. The molecule has 1 aromatic heterocycles. The number of nitriles is 1. The van der Waals surface area contributed by atoms with E-state index in [1.807, 2.05) is 6.92 Å². The highest BCUT2D eigenvalue weighted by Gasteiger charge is 2.26. The van der Waals surface area contributed by atoms with Gasteiger partial charge < -0.3 is 14.0 Å². The van der Waals surface area contributed by atoms with Crippen molar-refractivity contribution in [2.45, 2.75) is 20.3 Å². The molecule has 30 heavy (non-hydrogen) atoms. The van der Waals surface area contributed by atoms with Gasteiger partial charge in [-0.25, -0.2) is 13.6 Å². The molecule has 0 N–H and O–H groups in total. The largest absolute Gasteiger partial charge is 0.461 e. The predicted molar refractivity (Wildman–Crippen MR) is 107 cm³/mol. The Morgan fingerprint density at radius 3 is 2.40 bits per heavy atom. The van der Waals surface area contributed by atoms with E-state index in [9.17, 15) is 18.8 Å². The van der Waals surface area contributed by atoms with Crippen molar-refractivity contribution in [2.75, 3.05) is 6.61 Å². The molecule has 0 saturated heterocycles. The summed E-state index contributed by atoms with van der Waals surface area (Å²) in [7, 11) is 1.73. The Morgan fingerprint density at radius 2 is 1.83 bits per heavy atom. The zero-order valence-electron chi connectivity index (χ0n) is 16.8. The predicted octanol–water partition coefficient (Wildman–Crippen LogP) is 5.37. The molecule has 0 atom stereocenters. The monoisotopic (exact) mass is 410 g/mol. The third-order valence-corrected chi connectivity index (χ3v) is 4.70. The topological polar surface area (TPSA) is 64.2 Å². The van der Waals surface area contributed by atoms with Gasteiger partial charge in [0.25, 0.3) is 0 Å². The summed E-state index contributed by atoms with van der Waals surface area (Å²) in [6, 6.07) is 11.8. The molecule has 0 spiro atoms. The molecule has 0 bridgehead atoms. The van der Waals surface area contributed by atoms with E-state index in [1.54, 1.807) is 42.8 Å². The Kier molecular flexibility index (Phi) is 6.17. The van der Waals surface area contributed by atoms with Gasteiger partial charge in [0.05, 0.1) is 12.2 Å². The molecule has 3 rings (SSSR count). The number of carbonyl (C=O) groups is 1. The van der Waals surface area contributed by atoms with E-state index in [0.717, 1.165) is 17.8 Å². The first-order valence-corrected chi connectivity index (χ1v) is 9.43. The fraction of sp³-hybridized carbons (Fsp3) is 0.217. The van der Waals surface area contributed by atoms with Gasteiger partial charge in [0, 0.05) is 24.4 Å². The Bertz CT molecular complexity index is 1130. The summed E-state index contributed by atoms with van der Waals surface area (Å²) in [5.41, 5.74) is 2.53. The van der Waals surface area contributed by atoms with Gasteiger partial charge in [-0.2, -0.15) is 5.26 Å². The highest BCUT2D eigenvalue weighted by molar-refractivity contribution is 5.98. The molecular formula is C23H20F2N2O3. The molecule has 0 aliphatic heterocycles. The third kappa shape index (κ3) is 3.90. The smallest absolute Gasteiger partial charge is 0.355 e. The minimum atomic E-state index is -0.814. The van der Waals surface area contributed by atoms with Crippen LogP contribution in [-0.4, -0.2) is 17.1 Å². The average Bonchev–Trinajstić information content (AvgIpc) is 3.02. The number of carbonyl (C=O) groups excluding carboxylic acids is 1. The van der Waals surface area contributed by atoms with Crippen molar-refractivity contribution in [3.63, 3.8) is 0 Å². The molecule has 0 fully saturated rings. The van der Waals surface area contributed by atoms with E-state index < -0.39 is 17.6 Å². The van der Waals surface area contributed by atoms with Crippen LogP contribution in [0.4, 0.5) is 8.78 Å². The van der Waals surface area contributed by atoms with E-state index in [2.05, 4.69) is 6.07 Å². The summed E-state index contributed by atoms with van der Waals surface area (Å²) in [4.78, 5) is 12.6. The molecule has 0 radical (unpaired) electrons. The van der Waals surface area contributed by atoms with Crippen molar-refractivity contribution in [1.82, 2.24) is 4.57 Å². The van der Waals surface area contributed by atoms with Crippen LogP contribution in [0.3, 0.4) is 0 Å². The molecule has 0 amide bonds. The van der Waals surface area contributed by atoms with Gasteiger partial charge in [0.15, 0.2) is 11.6 Å². The van der Waals surface area contributed by atoms with Crippen LogP contribution in [0.15, 0.2) is 42.5 Å². The molecule has 0 saturated carbocycles. The van der Waals surface area contributed by atoms with Crippen LogP contribution in [0.25, 0.3) is 11.1 Å². The van der Waals surface area contributed by atoms with Crippen LogP contribution >= 0.6 is 0 Å². The van der Waals surface area contributed by atoms with Crippen molar-refractivity contribution in [3.8, 4) is 28.7 Å². The summed E-state index contributed by atoms with van der Waals surface area (Å²) in [5.74, 6) is -1.80. The molecule has 5 nitrogen and oxygen atoms in total. The van der Waals surface area contributed by atoms with Gasteiger partial charge in [-0.15, -0.1) is 0 Å². The van der Waals surface area contributed by atoms with Crippen LogP contribution in [0, 0.1) is 23.0 Å². The van der Waals surface area contributed by atoms with E-state index in [-0.39, 0.29) is 12.4 Å². The van der Waals surface area contributed by atoms with E-state index >= 15 is 0 Å². The lowest BCUT2D eigenvalue weighted by atomic mass is 10.00. The number of rotatable bonds is 6. The van der Waals surface area contributed by atoms with E-state index in [4.69, 9.17) is 9.47 Å². The number of halogens is 2. The number of hydrogen-bond donors (Lipinski definition) is 0. The summed E-state index contributed by atoms with van der Waals surface area (Å²) in [6.45, 7) is 3.83. The number of benzene rings is 2. The first-order chi connectivity index (χ1) is 14.4. The molecule has 0 unspecified atom stereocenters. The Morgan fingerprint density at radius 1 is 1.13 bits per heavy atom. The van der Waals surface area contributed by atoms with Gasteiger partial charge in [-0.3, -0.25) is 0 Å². The maximum atomic E-state index is 13.8. The molecule has 154 valence electrons. The lowest BCUT2D eigenvalue weighted by Gasteiger charge is -2.10. The molecule has 3 aromatic rings. The highest BCUT2D eigenvalue weighted by atomic mass is 19.1. The lowest BCUT2D eigenvalue weighted by Crippen LogP contribution is -2.12. The molecular weight excluding hydrogens is 390 g/mol. The van der Waals surface area contributed by atoms with Gasteiger partial charge >= 0.3 is 5.97 Å². The van der Waals surface area contributed by atoms with E-state index in [1.165, 1.54) is 6.07 Å². The second kappa shape index (κ2) is 8.78. The number of nitrogens with zero attached hydrogens (tertiary/aromatic N) is 2. The van der Waals surface area contributed by atoms with Crippen molar-refractivity contribution in [2.24, 2.45) is 7.05 Å². The van der Waals surface area contributed by atoms with Crippen LogP contribution in [0.5, 0.6) is 11.5 Å². The molecule has 0 aliphatic carbocycles. The van der Waals surface area contributed by atoms with Gasteiger partial charge in [0.2, 0.25) is 0 Å². The number of aromatic nitrogens is 1. The number of hydrogen-bond acceptors (Lipinski definition) is 4.